The lowest BCUT2D eigenvalue weighted by atomic mass is 10.2. The summed E-state index contributed by atoms with van der Waals surface area (Å²) >= 11 is 9.43. The van der Waals surface area contributed by atoms with Gasteiger partial charge < -0.3 is 15.4 Å². The molecule has 2 N–H and O–H groups in total. The third kappa shape index (κ3) is 6.51. The molecule has 2 aromatic carbocycles. The molecule has 0 saturated heterocycles. The second-order valence-electron chi connectivity index (χ2n) is 5.30. The van der Waals surface area contributed by atoms with Gasteiger partial charge in [-0.05, 0) is 62.5 Å². The van der Waals surface area contributed by atoms with Crippen molar-refractivity contribution < 1.29 is 4.74 Å². The highest BCUT2D eigenvalue weighted by Crippen LogP contribution is 2.24. The molecule has 2 rings (SSSR count). The van der Waals surface area contributed by atoms with Gasteiger partial charge in [0.25, 0.3) is 0 Å². The van der Waals surface area contributed by atoms with Gasteiger partial charge in [-0.1, -0.05) is 39.7 Å². The Bertz CT molecular complexity index is 604. The van der Waals surface area contributed by atoms with Gasteiger partial charge in [0.05, 0.1) is 0 Å². The molecule has 23 heavy (non-hydrogen) atoms. The Kier molecular flexibility index (Phi) is 7.89. The van der Waals surface area contributed by atoms with Gasteiger partial charge >= 0.3 is 0 Å². The van der Waals surface area contributed by atoms with Crippen molar-refractivity contribution in [1.29, 1.82) is 0 Å². The maximum absolute atomic E-state index is 5.98. The summed E-state index contributed by atoms with van der Waals surface area (Å²) in [6.07, 6.45) is 1.10. The van der Waals surface area contributed by atoms with E-state index in [0.717, 1.165) is 52.4 Å². The maximum Gasteiger partial charge on any atom is 0.124 e. The van der Waals surface area contributed by atoms with E-state index in [1.165, 1.54) is 0 Å². The first kappa shape index (κ1) is 18.3. The molecule has 0 spiro atoms. The average Bonchev–Trinajstić information content (AvgIpc) is 2.55. The van der Waals surface area contributed by atoms with Crippen molar-refractivity contribution in [2.75, 3.05) is 20.1 Å². The third-order valence-electron chi connectivity index (χ3n) is 3.43. The van der Waals surface area contributed by atoms with Crippen LogP contribution in [0.1, 0.15) is 17.5 Å². The molecule has 2 aromatic rings. The Morgan fingerprint density at radius 1 is 1.09 bits per heavy atom. The summed E-state index contributed by atoms with van der Waals surface area (Å²) < 4.78 is 7.04. The van der Waals surface area contributed by atoms with E-state index in [9.17, 15) is 0 Å². The molecule has 0 fully saturated rings. The van der Waals surface area contributed by atoms with E-state index in [0.29, 0.717) is 6.61 Å². The molecule has 0 aromatic heterocycles. The maximum atomic E-state index is 5.98. The molecule has 5 heteroatoms. The van der Waals surface area contributed by atoms with Crippen molar-refractivity contribution in [3.8, 4) is 5.75 Å². The summed E-state index contributed by atoms with van der Waals surface area (Å²) in [5.41, 5.74) is 2.25. The SMILES string of the molecule is CNCCCNCc1cc(Br)ccc1OCc1ccc(Cl)cc1. The standard InChI is InChI=1S/C18H22BrClN2O/c1-21-9-2-10-22-12-15-11-16(19)5-8-18(15)23-13-14-3-6-17(20)7-4-14/h3-8,11,21-22H,2,9-10,12-13H2,1H3. The average molecular weight is 398 g/mol. The Labute approximate surface area is 151 Å². The largest absolute Gasteiger partial charge is 0.489 e. The molecule has 0 aliphatic heterocycles. The normalized spacial score (nSPS) is 10.7. The summed E-state index contributed by atoms with van der Waals surface area (Å²) in [5, 5.41) is 7.34. The molecule has 124 valence electrons. The molecule has 0 atom stereocenters. The van der Waals surface area contributed by atoms with Gasteiger partial charge in [0, 0.05) is 21.6 Å². The summed E-state index contributed by atoms with van der Waals surface area (Å²) in [6, 6.07) is 13.8. The van der Waals surface area contributed by atoms with Gasteiger partial charge in [0.2, 0.25) is 0 Å². The van der Waals surface area contributed by atoms with Crippen LogP contribution < -0.4 is 15.4 Å². The van der Waals surface area contributed by atoms with Crippen LogP contribution in [0.3, 0.4) is 0 Å². The second-order valence-corrected chi connectivity index (χ2v) is 6.65. The smallest absolute Gasteiger partial charge is 0.124 e. The summed E-state index contributed by atoms with van der Waals surface area (Å²) in [5.74, 6) is 0.907. The predicted octanol–water partition coefficient (Wildman–Crippen LogP) is 4.38. The molecule has 3 nitrogen and oxygen atoms in total. The van der Waals surface area contributed by atoms with Crippen LogP contribution in [0, 0.1) is 0 Å². The number of halogens is 2. The van der Waals surface area contributed by atoms with Gasteiger partial charge in [-0.15, -0.1) is 0 Å². The second kappa shape index (κ2) is 9.93. The van der Waals surface area contributed by atoms with E-state index in [-0.39, 0.29) is 0 Å². The molecule has 0 radical (unpaired) electrons. The van der Waals surface area contributed by atoms with Crippen molar-refractivity contribution in [3.63, 3.8) is 0 Å². The van der Waals surface area contributed by atoms with Crippen molar-refractivity contribution >= 4 is 27.5 Å². The van der Waals surface area contributed by atoms with Crippen LogP contribution in [0.25, 0.3) is 0 Å². The zero-order chi connectivity index (χ0) is 16.5. The summed E-state index contributed by atoms with van der Waals surface area (Å²) in [6.45, 7) is 3.32. The Hall–Kier alpha value is -1.07. The lowest BCUT2D eigenvalue weighted by molar-refractivity contribution is 0.302. The van der Waals surface area contributed by atoms with Gasteiger partial charge in [-0.2, -0.15) is 0 Å². The van der Waals surface area contributed by atoms with E-state index >= 15 is 0 Å². The predicted molar refractivity (Wildman–Crippen MR) is 100 cm³/mol. The highest BCUT2D eigenvalue weighted by molar-refractivity contribution is 9.10. The Morgan fingerprint density at radius 3 is 2.61 bits per heavy atom. The van der Waals surface area contributed by atoms with Gasteiger partial charge in [0.1, 0.15) is 12.4 Å². The van der Waals surface area contributed by atoms with E-state index in [1.807, 2.05) is 43.4 Å². The molecule has 0 aliphatic carbocycles. The molecule has 0 heterocycles. The zero-order valence-electron chi connectivity index (χ0n) is 13.2. The van der Waals surface area contributed by atoms with Crippen molar-refractivity contribution in [1.82, 2.24) is 10.6 Å². The Morgan fingerprint density at radius 2 is 1.87 bits per heavy atom. The summed E-state index contributed by atoms with van der Waals surface area (Å²) in [7, 11) is 1.97. The fraction of sp³-hybridized carbons (Fsp3) is 0.333. The van der Waals surface area contributed by atoms with Crippen molar-refractivity contribution in [3.05, 3.63) is 63.1 Å². The fourth-order valence-electron chi connectivity index (χ4n) is 2.18. The van der Waals surface area contributed by atoms with E-state index in [2.05, 4.69) is 32.6 Å². The van der Waals surface area contributed by atoms with Crippen LogP contribution in [0.2, 0.25) is 5.02 Å². The lowest BCUT2D eigenvalue weighted by Gasteiger charge is -2.13. The summed E-state index contributed by atoms with van der Waals surface area (Å²) in [4.78, 5) is 0. The zero-order valence-corrected chi connectivity index (χ0v) is 15.6. The molecule has 0 unspecified atom stereocenters. The van der Waals surface area contributed by atoms with Crippen LogP contribution in [-0.4, -0.2) is 20.1 Å². The molecule has 0 aliphatic rings. The van der Waals surface area contributed by atoms with Gasteiger partial charge in [0.15, 0.2) is 0 Å². The van der Waals surface area contributed by atoms with Crippen molar-refractivity contribution in [2.24, 2.45) is 0 Å². The number of hydrogen-bond donors (Lipinski definition) is 2. The van der Waals surface area contributed by atoms with E-state index in [1.54, 1.807) is 0 Å². The minimum atomic E-state index is 0.533. The number of benzene rings is 2. The van der Waals surface area contributed by atoms with Crippen LogP contribution in [0.4, 0.5) is 0 Å². The molecule has 0 amide bonds. The Balaban J connectivity index is 1.93. The molecule has 0 bridgehead atoms. The highest BCUT2D eigenvalue weighted by atomic mass is 79.9. The van der Waals surface area contributed by atoms with Gasteiger partial charge in [-0.3, -0.25) is 0 Å². The van der Waals surface area contributed by atoms with Crippen LogP contribution in [-0.2, 0) is 13.2 Å². The monoisotopic (exact) mass is 396 g/mol. The number of nitrogens with one attached hydrogen (secondary N) is 2. The van der Waals surface area contributed by atoms with Crippen LogP contribution in [0.15, 0.2) is 46.9 Å². The number of rotatable bonds is 9. The number of ether oxygens (including phenoxy) is 1. The first-order chi connectivity index (χ1) is 11.2. The highest BCUT2D eigenvalue weighted by Gasteiger charge is 2.05. The topological polar surface area (TPSA) is 33.3 Å². The minimum absolute atomic E-state index is 0.533. The lowest BCUT2D eigenvalue weighted by Crippen LogP contribution is -2.19. The fourth-order valence-corrected chi connectivity index (χ4v) is 2.72. The minimum Gasteiger partial charge on any atom is -0.489 e. The van der Waals surface area contributed by atoms with E-state index in [4.69, 9.17) is 16.3 Å². The third-order valence-corrected chi connectivity index (χ3v) is 4.17. The molecule has 0 saturated carbocycles. The number of hydrogen-bond acceptors (Lipinski definition) is 3. The first-order valence-corrected chi connectivity index (χ1v) is 8.87. The van der Waals surface area contributed by atoms with Crippen molar-refractivity contribution in [2.45, 2.75) is 19.6 Å². The molecular formula is C18H22BrClN2O. The van der Waals surface area contributed by atoms with E-state index < -0.39 is 0 Å². The molecular weight excluding hydrogens is 376 g/mol. The first-order valence-electron chi connectivity index (χ1n) is 7.70. The van der Waals surface area contributed by atoms with Gasteiger partial charge in [-0.25, -0.2) is 0 Å². The van der Waals surface area contributed by atoms with Crippen LogP contribution >= 0.6 is 27.5 Å². The quantitative estimate of drug-likeness (QED) is 0.616. The van der Waals surface area contributed by atoms with Crippen LogP contribution in [0.5, 0.6) is 5.75 Å².